The number of aliphatic hydroxyl groups is 1. The zero-order chi connectivity index (χ0) is 16.9. The summed E-state index contributed by atoms with van der Waals surface area (Å²) in [4.78, 5) is 8.31. The molecule has 1 aromatic carbocycles. The Morgan fingerprint density at radius 3 is 2.83 bits per heavy atom. The molecule has 7 heteroatoms. The van der Waals surface area contributed by atoms with E-state index >= 15 is 0 Å². The summed E-state index contributed by atoms with van der Waals surface area (Å²) in [6.45, 7) is 0.197. The lowest BCUT2D eigenvalue weighted by Gasteiger charge is -2.22. The fourth-order valence-corrected chi connectivity index (χ4v) is 3.23. The SMILES string of the molecule is Nc1ncc(Oc2ccc(Cl)cc2)c(N[C@@H]2CCC[C@H]2CCO)n1. The van der Waals surface area contributed by atoms with E-state index in [-0.39, 0.29) is 18.6 Å². The molecule has 1 heterocycles. The minimum Gasteiger partial charge on any atom is -0.452 e. The van der Waals surface area contributed by atoms with Crippen molar-refractivity contribution < 1.29 is 9.84 Å². The zero-order valence-corrected chi connectivity index (χ0v) is 14.0. The first-order chi connectivity index (χ1) is 11.7. The number of aromatic nitrogens is 2. The van der Waals surface area contributed by atoms with Gasteiger partial charge in [-0.05, 0) is 49.4 Å². The first-order valence-electron chi connectivity index (χ1n) is 8.09. The van der Waals surface area contributed by atoms with Gasteiger partial charge in [0, 0.05) is 17.7 Å². The highest BCUT2D eigenvalue weighted by atomic mass is 35.5. The summed E-state index contributed by atoms with van der Waals surface area (Å²) >= 11 is 5.90. The van der Waals surface area contributed by atoms with Crippen LogP contribution in [0.1, 0.15) is 25.7 Å². The Kier molecular flexibility index (Phi) is 5.37. The standard InChI is InChI=1S/C17H21ClN4O2/c18-12-4-6-13(7-5-12)24-15-10-20-17(19)22-16(15)21-14-3-1-2-11(14)8-9-23/h4-7,10-11,14,23H,1-3,8-9H2,(H3,19,20,21,22)/t11-,14+/m0/s1. The van der Waals surface area contributed by atoms with Crippen molar-refractivity contribution in [1.29, 1.82) is 0 Å². The quantitative estimate of drug-likeness (QED) is 0.740. The number of rotatable bonds is 6. The molecule has 128 valence electrons. The van der Waals surface area contributed by atoms with E-state index < -0.39 is 0 Å². The monoisotopic (exact) mass is 348 g/mol. The number of hydrogen-bond acceptors (Lipinski definition) is 6. The van der Waals surface area contributed by atoms with Crippen molar-refractivity contribution in [2.24, 2.45) is 5.92 Å². The summed E-state index contributed by atoms with van der Waals surface area (Å²) in [5.74, 6) is 2.36. The molecule has 1 fully saturated rings. The van der Waals surface area contributed by atoms with E-state index in [0.29, 0.717) is 28.3 Å². The maximum Gasteiger partial charge on any atom is 0.222 e. The first kappa shape index (κ1) is 16.8. The van der Waals surface area contributed by atoms with Crippen LogP contribution in [0.15, 0.2) is 30.5 Å². The third-order valence-electron chi connectivity index (χ3n) is 4.30. The van der Waals surface area contributed by atoms with Crippen molar-refractivity contribution in [2.45, 2.75) is 31.7 Å². The van der Waals surface area contributed by atoms with Crippen molar-refractivity contribution in [3.05, 3.63) is 35.5 Å². The molecule has 1 aliphatic rings. The van der Waals surface area contributed by atoms with Gasteiger partial charge in [-0.1, -0.05) is 18.0 Å². The summed E-state index contributed by atoms with van der Waals surface area (Å²) < 4.78 is 5.87. The molecule has 2 aromatic rings. The maximum absolute atomic E-state index is 9.22. The average molecular weight is 349 g/mol. The molecule has 0 radical (unpaired) electrons. The molecule has 3 rings (SSSR count). The van der Waals surface area contributed by atoms with Gasteiger partial charge in [-0.25, -0.2) is 4.98 Å². The van der Waals surface area contributed by atoms with E-state index in [4.69, 9.17) is 22.1 Å². The highest BCUT2D eigenvalue weighted by Crippen LogP contribution is 2.34. The lowest BCUT2D eigenvalue weighted by Crippen LogP contribution is -2.25. The number of aliphatic hydroxyl groups excluding tert-OH is 1. The maximum atomic E-state index is 9.22. The number of nitrogen functional groups attached to an aromatic ring is 1. The van der Waals surface area contributed by atoms with Gasteiger partial charge in [0.25, 0.3) is 0 Å². The molecule has 4 N–H and O–H groups in total. The van der Waals surface area contributed by atoms with E-state index in [1.54, 1.807) is 30.5 Å². The Labute approximate surface area is 146 Å². The molecule has 1 aromatic heterocycles. The average Bonchev–Trinajstić information content (AvgIpc) is 2.99. The zero-order valence-electron chi connectivity index (χ0n) is 13.3. The van der Waals surface area contributed by atoms with Crippen LogP contribution in [0.5, 0.6) is 11.5 Å². The van der Waals surface area contributed by atoms with Gasteiger partial charge in [0.15, 0.2) is 11.6 Å². The van der Waals surface area contributed by atoms with E-state index in [9.17, 15) is 5.11 Å². The smallest absolute Gasteiger partial charge is 0.222 e. The molecule has 0 unspecified atom stereocenters. The Hall–Kier alpha value is -2.05. The molecule has 1 saturated carbocycles. The Bertz CT molecular complexity index is 681. The van der Waals surface area contributed by atoms with Crippen molar-refractivity contribution >= 4 is 23.4 Å². The number of nitrogens with two attached hydrogens (primary N) is 1. The summed E-state index contributed by atoms with van der Waals surface area (Å²) in [7, 11) is 0. The summed E-state index contributed by atoms with van der Waals surface area (Å²) in [5.41, 5.74) is 5.73. The van der Waals surface area contributed by atoms with Crippen molar-refractivity contribution in [3.63, 3.8) is 0 Å². The van der Waals surface area contributed by atoms with Gasteiger partial charge < -0.3 is 20.9 Å². The molecule has 0 saturated heterocycles. The highest BCUT2D eigenvalue weighted by Gasteiger charge is 2.28. The van der Waals surface area contributed by atoms with Crippen LogP contribution >= 0.6 is 11.6 Å². The van der Waals surface area contributed by atoms with Crippen LogP contribution in [0.3, 0.4) is 0 Å². The second-order valence-electron chi connectivity index (χ2n) is 5.95. The number of halogens is 1. The van der Waals surface area contributed by atoms with Gasteiger partial charge in [0.2, 0.25) is 5.95 Å². The molecule has 24 heavy (non-hydrogen) atoms. The second kappa shape index (κ2) is 7.68. The molecule has 0 spiro atoms. The summed E-state index contributed by atoms with van der Waals surface area (Å²) in [5, 5.41) is 13.3. The molecule has 0 amide bonds. The highest BCUT2D eigenvalue weighted by molar-refractivity contribution is 6.30. The predicted octanol–water partition coefficient (Wildman–Crippen LogP) is 3.47. The first-order valence-corrected chi connectivity index (χ1v) is 8.47. The molecular weight excluding hydrogens is 328 g/mol. The van der Waals surface area contributed by atoms with E-state index in [0.717, 1.165) is 25.7 Å². The van der Waals surface area contributed by atoms with E-state index in [1.807, 2.05) is 0 Å². The number of ether oxygens (including phenoxy) is 1. The summed E-state index contributed by atoms with van der Waals surface area (Å²) in [6.07, 6.45) is 5.62. The third-order valence-corrected chi connectivity index (χ3v) is 4.55. The third kappa shape index (κ3) is 4.07. The fourth-order valence-electron chi connectivity index (χ4n) is 3.11. The van der Waals surface area contributed by atoms with Crippen LogP contribution in [0, 0.1) is 5.92 Å². The van der Waals surface area contributed by atoms with E-state index in [2.05, 4.69) is 15.3 Å². The fraction of sp³-hybridized carbons (Fsp3) is 0.412. The molecule has 1 aliphatic carbocycles. The van der Waals surface area contributed by atoms with Gasteiger partial charge in [-0.2, -0.15) is 4.98 Å². The van der Waals surface area contributed by atoms with Crippen LogP contribution < -0.4 is 15.8 Å². The van der Waals surface area contributed by atoms with Gasteiger partial charge in [0.1, 0.15) is 5.75 Å². The normalized spacial score (nSPS) is 20.1. The number of nitrogens with zero attached hydrogens (tertiary/aromatic N) is 2. The van der Waals surface area contributed by atoms with Crippen molar-refractivity contribution in [2.75, 3.05) is 17.7 Å². The van der Waals surface area contributed by atoms with Crippen LogP contribution in [0.25, 0.3) is 0 Å². The largest absolute Gasteiger partial charge is 0.452 e. The van der Waals surface area contributed by atoms with Crippen molar-refractivity contribution in [1.82, 2.24) is 9.97 Å². The second-order valence-corrected chi connectivity index (χ2v) is 6.39. The summed E-state index contributed by atoms with van der Waals surface area (Å²) in [6, 6.07) is 7.34. The number of benzene rings is 1. The number of hydrogen-bond donors (Lipinski definition) is 3. The van der Waals surface area contributed by atoms with E-state index in [1.165, 1.54) is 0 Å². The predicted molar refractivity (Wildman–Crippen MR) is 94.4 cm³/mol. The minimum atomic E-state index is 0.192. The Balaban J connectivity index is 1.79. The van der Waals surface area contributed by atoms with Crippen LogP contribution in [0.2, 0.25) is 5.02 Å². The number of nitrogens with one attached hydrogen (secondary N) is 1. The van der Waals surface area contributed by atoms with Crippen LogP contribution in [-0.2, 0) is 0 Å². The lowest BCUT2D eigenvalue weighted by molar-refractivity contribution is 0.254. The molecular formula is C17H21ClN4O2. The van der Waals surface area contributed by atoms with Crippen LogP contribution in [0.4, 0.5) is 11.8 Å². The van der Waals surface area contributed by atoms with Gasteiger partial charge in [-0.15, -0.1) is 0 Å². The van der Waals surface area contributed by atoms with Gasteiger partial charge in [0.05, 0.1) is 6.20 Å². The van der Waals surface area contributed by atoms with Crippen molar-refractivity contribution in [3.8, 4) is 11.5 Å². The number of anilines is 2. The minimum absolute atomic E-state index is 0.192. The topological polar surface area (TPSA) is 93.3 Å². The molecule has 0 aliphatic heterocycles. The molecule has 6 nitrogen and oxygen atoms in total. The molecule has 0 bridgehead atoms. The van der Waals surface area contributed by atoms with Gasteiger partial charge >= 0.3 is 0 Å². The Morgan fingerprint density at radius 2 is 2.08 bits per heavy atom. The Morgan fingerprint density at radius 1 is 1.29 bits per heavy atom. The molecule has 2 atom stereocenters. The van der Waals surface area contributed by atoms with Gasteiger partial charge in [-0.3, -0.25) is 0 Å². The van der Waals surface area contributed by atoms with Crippen LogP contribution in [-0.4, -0.2) is 27.7 Å². The lowest BCUT2D eigenvalue weighted by atomic mass is 10.00.